The molecule has 1 N–H and O–H groups in total. The lowest BCUT2D eigenvalue weighted by Crippen LogP contribution is -2.19. The number of anilines is 2. The zero-order valence-electron chi connectivity index (χ0n) is 14.0. The molecule has 0 aromatic heterocycles. The molecule has 1 saturated heterocycles. The first kappa shape index (κ1) is 19.3. The van der Waals surface area contributed by atoms with E-state index < -0.39 is 28.0 Å². The summed E-state index contributed by atoms with van der Waals surface area (Å²) in [5.74, 6) is -1.09. The number of nitrogens with one attached hydrogen (secondary N) is 1. The van der Waals surface area contributed by atoms with Crippen LogP contribution in [0.4, 0.5) is 28.9 Å². The van der Waals surface area contributed by atoms with Crippen LogP contribution in [0.5, 0.6) is 5.75 Å². The van der Waals surface area contributed by atoms with Crippen molar-refractivity contribution in [3.63, 3.8) is 0 Å². The predicted octanol–water partition coefficient (Wildman–Crippen LogP) is 4.13. The minimum atomic E-state index is -4.87. The topological polar surface area (TPSA) is 58.6 Å². The molecule has 0 unspecified atom stereocenters. The number of nitrogens with zero attached hydrogens (tertiary/aromatic N) is 1. The molecule has 0 aliphatic carbocycles. The second-order valence-corrected chi connectivity index (χ2v) is 7.67. The van der Waals surface area contributed by atoms with E-state index in [9.17, 15) is 26.0 Å². The monoisotopic (exact) mass is 404 g/mol. The maximum absolute atomic E-state index is 14.3. The minimum absolute atomic E-state index is 0.0195. The summed E-state index contributed by atoms with van der Waals surface area (Å²) in [6, 6.07) is 7.73. The van der Waals surface area contributed by atoms with Crippen LogP contribution in [0.1, 0.15) is 12.8 Å². The van der Waals surface area contributed by atoms with Gasteiger partial charge >= 0.3 is 6.36 Å². The number of rotatable bonds is 5. The normalized spacial score (nSPS) is 15.0. The van der Waals surface area contributed by atoms with E-state index in [1.807, 2.05) is 4.90 Å². The van der Waals surface area contributed by atoms with Crippen LogP contribution in [0, 0.1) is 5.82 Å². The molecule has 1 heterocycles. The Morgan fingerprint density at radius 3 is 2.19 bits per heavy atom. The molecule has 5 nitrogen and oxygen atoms in total. The lowest BCUT2D eigenvalue weighted by Gasteiger charge is -2.19. The summed E-state index contributed by atoms with van der Waals surface area (Å²) >= 11 is 0. The Morgan fingerprint density at radius 2 is 1.63 bits per heavy atom. The van der Waals surface area contributed by atoms with Crippen LogP contribution < -0.4 is 14.4 Å². The second-order valence-electron chi connectivity index (χ2n) is 5.99. The van der Waals surface area contributed by atoms with E-state index >= 15 is 0 Å². The van der Waals surface area contributed by atoms with E-state index in [-0.39, 0.29) is 10.6 Å². The standard InChI is InChI=1S/C17H16F4N2O3S/c18-15-11-12(3-8-16(15)23-9-1-2-10-23)22-27(24,25)14-6-4-13(5-7-14)26-17(19,20)21/h3-8,11,22H,1-2,9-10H2. The van der Waals surface area contributed by atoms with E-state index in [0.717, 1.165) is 56.3 Å². The Bertz CT molecular complexity index is 909. The maximum Gasteiger partial charge on any atom is 0.573 e. The lowest BCUT2D eigenvalue weighted by molar-refractivity contribution is -0.274. The van der Waals surface area contributed by atoms with Gasteiger partial charge in [0.15, 0.2) is 0 Å². The van der Waals surface area contributed by atoms with Crippen molar-refractivity contribution in [2.45, 2.75) is 24.1 Å². The molecule has 146 valence electrons. The summed E-state index contributed by atoms with van der Waals surface area (Å²) in [5, 5.41) is 0. The third-order valence-corrected chi connectivity index (χ3v) is 5.41. The van der Waals surface area contributed by atoms with Crippen LogP contribution in [0.3, 0.4) is 0 Å². The first-order chi connectivity index (χ1) is 12.6. The van der Waals surface area contributed by atoms with Gasteiger partial charge in [0.1, 0.15) is 11.6 Å². The van der Waals surface area contributed by atoms with Crippen molar-refractivity contribution in [1.29, 1.82) is 0 Å². The third-order valence-electron chi connectivity index (χ3n) is 4.01. The van der Waals surface area contributed by atoms with E-state index in [0.29, 0.717) is 5.69 Å². The number of benzene rings is 2. The quantitative estimate of drug-likeness (QED) is 0.762. The van der Waals surface area contributed by atoms with Crippen molar-refractivity contribution < 1.29 is 30.7 Å². The van der Waals surface area contributed by atoms with E-state index in [1.54, 1.807) is 0 Å². The summed E-state index contributed by atoms with van der Waals surface area (Å²) in [6.07, 6.45) is -2.92. The highest BCUT2D eigenvalue weighted by atomic mass is 32.2. The molecule has 27 heavy (non-hydrogen) atoms. The van der Waals surface area contributed by atoms with Crippen LogP contribution in [0.15, 0.2) is 47.4 Å². The summed E-state index contributed by atoms with van der Waals surface area (Å²) in [6.45, 7) is 1.49. The fourth-order valence-corrected chi connectivity index (χ4v) is 3.87. The van der Waals surface area contributed by atoms with Crippen LogP contribution in [-0.4, -0.2) is 27.9 Å². The van der Waals surface area contributed by atoms with Crippen LogP contribution in [-0.2, 0) is 10.0 Å². The van der Waals surface area contributed by atoms with E-state index in [2.05, 4.69) is 9.46 Å². The third kappa shape index (κ3) is 4.82. The fraction of sp³-hybridized carbons (Fsp3) is 0.294. The number of hydrogen-bond acceptors (Lipinski definition) is 4. The first-order valence-electron chi connectivity index (χ1n) is 8.07. The van der Waals surface area contributed by atoms with Gasteiger partial charge in [0, 0.05) is 19.2 Å². The highest BCUT2D eigenvalue weighted by Crippen LogP contribution is 2.28. The Kier molecular flexibility index (Phi) is 5.18. The van der Waals surface area contributed by atoms with Gasteiger partial charge in [0.25, 0.3) is 10.0 Å². The van der Waals surface area contributed by atoms with Gasteiger partial charge in [0.05, 0.1) is 16.3 Å². The van der Waals surface area contributed by atoms with E-state index in [1.165, 1.54) is 12.1 Å². The lowest BCUT2D eigenvalue weighted by atomic mass is 10.2. The summed E-state index contributed by atoms with van der Waals surface area (Å²) in [7, 11) is -4.09. The molecule has 0 radical (unpaired) electrons. The molecule has 0 spiro atoms. The summed E-state index contributed by atoms with van der Waals surface area (Å²) in [5.41, 5.74) is 0.426. The van der Waals surface area contributed by atoms with Gasteiger partial charge in [-0.1, -0.05) is 0 Å². The van der Waals surface area contributed by atoms with Gasteiger partial charge in [-0.25, -0.2) is 12.8 Å². The van der Waals surface area contributed by atoms with Crippen molar-refractivity contribution in [3.8, 4) is 5.75 Å². The smallest absolute Gasteiger partial charge is 0.406 e. The van der Waals surface area contributed by atoms with Gasteiger partial charge in [-0.2, -0.15) is 0 Å². The van der Waals surface area contributed by atoms with Crippen LogP contribution >= 0.6 is 0 Å². The fourth-order valence-electron chi connectivity index (χ4n) is 2.82. The first-order valence-corrected chi connectivity index (χ1v) is 9.55. The SMILES string of the molecule is O=S(=O)(Nc1ccc(N2CCCC2)c(F)c1)c1ccc(OC(F)(F)F)cc1. The molecule has 1 fully saturated rings. The molecular weight excluding hydrogens is 388 g/mol. The molecule has 0 atom stereocenters. The van der Waals surface area contributed by atoms with Crippen LogP contribution in [0.2, 0.25) is 0 Å². The highest BCUT2D eigenvalue weighted by molar-refractivity contribution is 7.92. The molecule has 2 aromatic carbocycles. The Labute approximate surface area is 153 Å². The van der Waals surface area contributed by atoms with Crippen molar-refractivity contribution in [2.24, 2.45) is 0 Å². The van der Waals surface area contributed by atoms with Crippen molar-refractivity contribution in [1.82, 2.24) is 0 Å². The van der Waals surface area contributed by atoms with Gasteiger partial charge < -0.3 is 9.64 Å². The van der Waals surface area contributed by atoms with Crippen molar-refractivity contribution in [3.05, 3.63) is 48.3 Å². The molecule has 3 rings (SSSR count). The second kappa shape index (κ2) is 7.26. The van der Waals surface area contributed by atoms with Gasteiger partial charge in [-0.15, -0.1) is 13.2 Å². The average molecular weight is 404 g/mol. The number of ether oxygens (including phenoxy) is 1. The maximum atomic E-state index is 14.3. The van der Waals surface area contributed by atoms with Gasteiger partial charge in [0.2, 0.25) is 0 Å². The zero-order chi connectivity index (χ0) is 19.7. The number of hydrogen-bond donors (Lipinski definition) is 1. The molecular formula is C17H16F4N2O3S. The largest absolute Gasteiger partial charge is 0.573 e. The Hall–Kier alpha value is -2.49. The minimum Gasteiger partial charge on any atom is -0.406 e. The van der Waals surface area contributed by atoms with Crippen molar-refractivity contribution >= 4 is 21.4 Å². The summed E-state index contributed by atoms with van der Waals surface area (Å²) < 4.78 is 81.3. The molecule has 1 aliphatic heterocycles. The van der Waals surface area contributed by atoms with E-state index in [4.69, 9.17) is 0 Å². The number of halogens is 4. The molecule has 0 amide bonds. The molecule has 0 bridgehead atoms. The predicted molar refractivity (Wildman–Crippen MR) is 91.8 cm³/mol. The van der Waals surface area contributed by atoms with Gasteiger partial charge in [-0.05, 0) is 49.2 Å². The Morgan fingerprint density at radius 1 is 1.00 bits per heavy atom. The average Bonchev–Trinajstić information content (AvgIpc) is 3.08. The summed E-state index contributed by atoms with van der Waals surface area (Å²) in [4.78, 5) is 1.61. The molecule has 1 aliphatic rings. The molecule has 2 aromatic rings. The number of sulfonamides is 1. The number of alkyl halides is 3. The van der Waals surface area contributed by atoms with Gasteiger partial charge in [-0.3, -0.25) is 4.72 Å². The highest BCUT2D eigenvalue weighted by Gasteiger charge is 2.31. The zero-order valence-corrected chi connectivity index (χ0v) is 14.8. The Balaban J connectivity index is 1.75. The molecule has 0 saturated carbocycles. The molecule has 10 heteroatoms. The van der Waals surface area contributed by atoms with Crippen LogP contribution in [0.25, 0.3) is 0 Å². The van der Waals surface area contributed by atoms with Crippen molar-refractivity contribution in [2.75, 3.05) is 22.7 Å².